The van der Waals surface area contributed by atoms with Crippen LogP contribution < -0.4 is 5.73 Å². The molecule has 10 heteroatoms. The fourth-order valence-corrected chi connectivity index (χ4v) is 1.67. The Labute approximate surface area is 153 Å². The van der Waals surface area contributed by atoms with Crippen LogP contribution in [0.5, 0.6) is 0 Å². The van der Waals surface area contributed by atoms with E-state index in [1.165, 1.54) is 24.5 Å². The van der Waals surface area contributed by atoms with E-state index >= 15 is 0 Å². The third-order valence-electron chi connectivity index (χ3n) is 2.26. The summed E-state index contributed by atoms with van der Waals surface area (Å²) in [6, 6.07) is 6.13. The molecular formula is C14H11Br2N3O5. The predicted octanol–water partition coefficient (Wildman–Crippen LogP) is 2.03. The molecule has 8 nitrogen and oxygen atoms in total. The van der Waals surface area contributed by atoms with Crippen molar-refractivity contribution in [1.82, 2.24) is 9.97 Å². The summed E-state index contributed by atoms with van der Waals surface area (Å²) in [6.07, 6.45) is 2.88. The highest BCUT2D eigenvalue weighted by atomic mass is 79.9. The van der Waals surface area contributed by atoms with Crippen molar-refractivity contribution in [3.63, 3.8) is 0 Å². The number of hydrogen-bond donors (Lipinski definition) is 2. The normalized spacial score (nSPS) is 9.46. The number of carboxylic acid groups (broad SMARTS) is 1. The van der Waals surface area contributed by atoms with Crippen molar-refractivity contribution in [2.75, 3.05) is 6.54 Å². The van der Waals surface area contributed by atoms with Gasteiger partial charge in [-0.2, -0.15) is 0 Å². The lowest BCUT2D eigenvalue weighted by atomic mass is 10.3. The fourth-order valence-electron chi connectivity index (χ4n) is 1.20. The molecule has 0 saturated carbocycles. The van der Waals surface area contributed by atoms with E-state index < -0.39 is 17.9 Å². The van der Waals surface area contributed by atoms with Crippen LogP contribution in [0.2, 0.25) is 0 Å². The second-order valence-corrected chi connectivity index (χ2v) is 5.83. The lowest BCUT2D eigenvalue weighted by molar-refractivity contribution is -0.136. The third kappa shape index (κ3) is 6.94. The molecule has 2 aromatic rings. The zero-order chi connectivity index (χ0) is 18.1. The number of pyridine rings is 2. The molecule has 0 saturated heterocycles. The van der Waals surface area contributed by atoms with Gasteiger partial charge < -0.3 is 15.6 Å². The molecule has 0 aliphatic carbocycles. The summed E-state index contributed by atoms with van der Waals surface area (Å²) >= 11 is 6.30. The first-order valence-corrected chi connectivity index (χ1v) is 7.83. The molecular weight excluding hydrogens is 450 g/mol. The molecule has 24 heavy (non-hydrogen) atoms. The standard InChI is InChI=1S/C8H7BrN2O3.C6H4BrNO2/c9-5-1-2-6(11-4-5)8(13)14-7(12)3-10;7-4-1-2-5(6(9)10)8-3-4/h1-2,4H,3,10H2;1-3H,(H,9,10). The number of aromatic nitrogens is 2. The molecule has 0 fully saturated rings. The van der Waals surface area contributed by atoms with Crippen LogP contribution in [0.25, 0.3) is 0 Å². The van der Waals surface area contributed by atoms with E-state index in [2.05, 4.69) is 46.6 Å². The average Bonchev–Trinajstić information content (AvgIpc) is 2.56. The van der Waals surface area contributed by atoms with Crippen LogP contribution in [-0.4, -0.2) is 39.5 Å². The smallest absolute Gasteiger partial charge is 0.364 e. The van der Waals surface area contributed by atoms with Crippen molar-refractivity contribution in [3.05, 3.63) is 57.0 Å². The summed E-state index contributed by atoms with van der Waals surface area (Å²) in [6.45, 7) is -0.331. The van der Waals surface area contributed by atoms with Crippen molar-refractivity contribution in [1.29, 1.82) is 0 Å². The van der Waals surface area contributed by atoms with Crippen molar-refractivity contribution in [3.8, 4) is 0 Å². The van der Waals surface area contributed by atoms with Gasteiger partial charge in [0.2, 0.25) is 0 Å². The molecule has 126 valence electrons. The molecule has 0 amide bonds. The Bertz CT molecular complexity index is 720. The highest BCUT2D eigenvalue weighted by molar-refractivity contribution is 9.10. The SMILES string of the molecule is NCC(=O)OC(=O)c1ccc(Br)cn1.O=C(O)c1ccc(Br)cn1. The van der Waals surface area contributed by atoms with Gasteiger partial charge in [0.05, 0.1) is 6.54 Å². The quantitative estimate of drug-likeness (QED) is 0.525. The lowest BCUT2D eigenvalue weighted by Gasteiger charge is -1.99. The van der Waals surface area contributed by atoms with Gasteiger partial charge in [0.25, 0.3) is 0 Å². The van der Waals surface area contributed by atoms with Gasteiger partial charge >= 0.3 is 17.9 Å². The summed E-state index contributed by atoms with van der Waals surface area (Å²) < 4.78 is 5.86. The van der Waals surface area contributed by atoms with Crippen LogP contribution >= 0.6 is 31.9 Å². The minimum atomic E-state index is -1.01. The Kier molecular flexibility index (Phi) is 8.16. The van der Waals surface area contributed by atoms with Crippen LogP contribution in [0.1, 0.15) is 21.0 Å². The molecule has 3 N–H and O–H groups in total. The number of ether oxygens (including phenoxy) is 1. The molecule has 2 rings (SSSR count). The van der Waals surface area contributed by atoms with Crippen molar-refractivity contribution in [2.24, 2.45) is 5.73 Å². The maximum Gasteiger partial charge on any atom is 0.364 e. The minimum Gasteiger partial charge on any atom is -0.477 e. The third-order valence-corrected chi connectivity index (χ3v) is 3.19. The van der Waals surface area contributed by atoms with Gasteiger partial charge in [-0.1, -0.05) is 0 Å². The largest absolute Gasteiger partial charge is 0.477 e. The van der Waals surface area contributed by atoms with Crippen LogP contribution in [0.15, 0.2) is 45.6 Å². The second-order valence-electron chi connectivity index (χ2n) is 3.99. The summed E-state index contributed by atoms with van der Waals surface area (Å²) in [7, 11) is 0. The van der Waals surface area contributed by atoms with Gasteiger partial charge in [-0.25, -0.2) is 19.6 Å². The number of carbonyl (C=O) groups excluding carboxylic acids is 2. The number of carboxylic acids is 1. The van der Waals surface area contributed by atoms with Crippen LogP contribution in [0, 0.1) is 0 Å². The molecule has 2 heterocycles. The van der Waals surface area contributed by atoms with Gasteiger partial charge in [0.15, 0.2) is 0 Å². The maximum absolute atomic E-state index is 11.1. The Morgan fingerprint density at radius 3 is 1.88 bits per heavy atom. The predicted molar refractivity (Wildman–Crippen MR) is 90.3 cm³/mol. The number of hydrogen-bond acceptors (Lipinski definition) is 7. The maximum atomic E-state index is 11.1. The number of aromatic carboxylic acids is 1. The van der Waals surface area contributed by atoms with Crippen molar-refractivity contribution < 1.29 is 24.2 Å². The highest BCUT2D eigenvalue weighted by Crippen LogP contribution is 2.08. The molecule has 0 spiro atoms. The summed E-state index contributed by atoms with van der Waals surface area (Å²) in [4.78, 5) is 39.4. The Hall–Kier alpha value is -2.17. The number of nitrogens with two attached hydrogens (primary N) is 1. The first-order valence-electron chi connectivity index (χ1n) is 6.25. The van der Waals surface area contributed by atoms with Gasteiger partial charge in [-0.3, -0.25) is 4.79 Å². The molecule has 0 aliphatic heterocycles. The van der Waals surface area contributed by atoms with Crippen molar-refractivity contribution in [2.45, 2.75) is 0 Å². The van der Waals surface area contributed by atoms with Crippen LogP contribution in [0.3, 0.4) is 0 Å². The molecule has 0 radical (unpaired) electrons. The van der Waals surface area contributed by atoms with Gasteiger partial charge in [-0.05, 0) is 56.1 Å². The molecule has 0 aromatic carbocycles. The topological polar surface area (TPSA) is 132 Å². The van der Waals surface area contributed by atoms with Crippen LogP contribution in [-0.2, 0) is 9.53 Å². The van der Waals surface area contributed by atoms with E-state index in [1.54, 1.807) is 12.1 Å². The Morgan fingerprint density at radius 2 is 1.50 bits per heavy atom. The highest BCUT2D eigenvalue weighted by Gasteiger charge is 2.12. The number of nitrogens with zero attached hydrogens (tertiary/aromatic N) is 2. The minimum absolute atomic E-state index is 0.0585. The van der Waals surface area contributed by atoms with Crippen molar-refractivity contribution >= 4 is 49.8 Å². The number of carbonyl (C=O) groups is 3. The Morgan fingerprint density at radius 1 is 1.00 bits per heavy atom. The zero-order valence-corrected chi connectivity index (χ0v) is 15.2. The fraction of sp³-hybridized carbons (Fsp3) is 0.0714. The van der Waals surface area contributed by atoms with E-state index in [0.29, 0.717) is 0 Å². The van der Waals surface area contributed by atoms with E-state index in [9.17, 15) is 14.4 Å². The summed E-state index contributed by atoms with van der Waals surface area (Å²) in [5.41, 5.74) is 5.09. The van der Waals surface area contributed by atoms with E-state index in [0.717, 1.165) is 8.95 Å². The van der Waals surface area contributed by atoms with Gasteiger partial charge in [-0.15, -0.1) is 0 Å². The lowest BCUT2D eigenvalue weighted by Crippen LogP contribution is -2.21. The number of rotatable bonds is 3. The first kappa shape index (κ1) is 19.9. The Balaban J connectivity index is 0.000000254. The summed E-state index contributed by atoms with van der Waals surface area (Å²) in [5.74, 6) is -2.58. The molecule has 0 aliphatic rings. The molecule has 0 atom stereocenters. The van der Waals surface area contributed by atoms with Gasteiger partial charge in [0.1, 0.15) is 11.4 Å². The van der Waals surface area contributed by atoms with E-state index in [4.69, 9.17) is 10.8 Å². The molecule has 0 unspecified atom stereocenters. The zero-order valence-electron chi connectivity index (χ0n) is 12.0. The molecule has 0 bridgehead atoms. The monoisotopic (exact) mass is 459 g/mol. The van der Waals surface area contributed by atoms with Crippen LogP contribution in [0.4, 0.5) is 0 Å². The first-order chi connectivity index (χ1) is 11.3. The molecule has 2 aromatic heterocycles. The van der Waals surface area contributed by atoms with E-state index in [1.807, 2.05) is 0 Å². The summed E-state index contributed by atoms with van der Waals surface area (Å²) in [5, 5.41) is 8.40. The van der Waals surface area contributed by atoms with E-state index in [-0.39, 0.29) is 17.9 Å². The number of esters is 2. The average molecular weight is 461 g/mol. The van der Waals surface area contributed by atoms with Gasteiger partial charge in [0, 0.05) is 21.3 Å². The number of halogens is 2. The second kappa shape index (κ2) is 9.85.